The maximum absolute atomic E-state index is 3.73. The van der Waals surface area contributed by atoms with Crippen molar-refractivity contribution in [3.05, 3.63) is 45.9 Å². The number of rotatable bonds is 1. The van der Waals surface area contributed by atoms with Gasteiger partial charge in [0.2, 0.25) is 0 Å². The third-order valence-corrected chi connectivity index (χ3v) is 4.69. The molecule has 1 unspecified atom stereocenters. The first kappa shape index (κ1) is 12.2. The molecule has 0 saturated carbocycles. The highest BCUT2D eigenvalue weighted by Gasteiger charge is 2.20. The summed E-state index contributed by atoms with van der Waals surface area (Å²) in [5.74, 6) is 0. The van der Waals surface area contributed by atoms with Gasteiger partial charge < -0.3 is 5.32 Å². The monoisotopic (exact) mass is 303 g/mol. The van der Waals surface area contributed by atoms with Crippen LogP contribution in [0.1, 0.15) is 36.4 Å². The lowest BCUT2D eigenvalue weighted by atomic mass is 9.93. The zero-order valence-electron chi connectivity index (χ0n) is 10.7. The van der Waals surface area contributed by atoms with Crippen molar-refractivity contribution in [3.8, 4) is 0 Å². The highest BCUT2D eigenvalue weighted by molar-refractivity contribution is 9.10. The highest BCUT2D eigenvalue weighted by atomic mass is 79.9. The molecule has 1 N–H and O–H groups in total. The van der Waals surface area contributed by atoms with Gasteiger partial charge in [-0.05, 0) is 54.3 Å². The number of aryl methyl sites for hydroxylation is 1. The van der Waals surface area contributed by atoms with Crippen molar-refractivity contribution in [2.24, 2.45) is 0 Å². The van der Waals surface area contributed by atoms with Crippen molar-refractivity contribution >= 4 is 26.7 Å². The molecule has 2 aromatic carbocycles. The number of nitrogens with one attached hydrogen (secondary N) is 1. The quantitative estimate of drug-likeness (QED) is 0.760. The van der Waals surface area contributed by atoms with Crippen molar-refractivity contribution in [2.45, 2.75) is 31.7 Å². The third-order valence-electron chi connectivity index (χ3n) is 4.03. The molecule has 0 radical (unpaired) electrons. The van der Waals surface area contributed by atoms with Gasteiger partial charge in [0.1, 0.15) is 0 Å². The third kappa shape index (κ3) is 1.98. The molecule has 2 heteroatoms. The largest absolute Gasteiger partial charge is 0.313 e. The summed E-state index contributed by atoms with van der Waals surface area (Å²) in [6.07, 6.45) is 5.07. The summed E-state index contributed by atoms with van der Waals surface area (Å²) in [5, 5.41) is 6.23. The summed E-state index contributed by atoms with van der Waals surface area (Å²) in [7, 11) is 2.07. The Hall–Kier alpha value is -0.860. The lowest BCUT2D eigenvalue weighted by Gasteiger charge is -2.19. The predicted octanol–water partition coefficient (Wildman–Crippen LogP) is 4.59. The Labute approximate surface area is 117 Å². The summed E-state index contributed by atoms with van der Waals surface area (Å²) < 4.78 is 1.22. The summed E-state index contributed by atoms with van der Waals surface area (Å²) in [5.41, 5.74) is 3.03. The Balaban J connectivity index is 2.30. The van der Waals surface area contributed by atoms with Gasteiger partial charge in [0.15, 0.2) is 0 Å². The number of halogens is 1. The fourth-order valence-electron chi connectivity index (χ4n) is 3.11. The predicted molar refractivity (Wildman–Crippen MR) is 81.0 cm³/mol. The zero-order chi connectivity index (χ0) is 12.5. The molecular weight excluding hydrogens is 286 g/mol. The van der Waals surface area contributed by atoms with E-state index in [0.717, 1.165) is 0 Å². The fraction of sp³-hybridized carbons (Fsp3) is 0.375. The van der Waals surface area contributed by atoms with Gasteiger partial charge in [-0.1, -0.05) is 46.6 Å². The molecule has 0 spiro atoms. The second kappa shape index (κ2) is 5.02. The molecule has 94 valence electrons. The van der Waals surface area contributed by atoms with Crippen LogP contribution < -0.4 is 5.32 Å². The van der Waals surface area contributed by atoms with E-state index in [9.17, 15) is 0 Å². The van der Waals surface area contributed by atoms with Crippen LogP contribution in [0.3, 0.4) is 0 Å². The van der Waals surface area contributed by atoms with E-state index in [1.165, 1.54) is 46.5 Å². The molecule has 0 bridgehead atoms. The Morgan fingerprint density at radius 3 is 2.72 bits per heavy atom. The smallest absolute Gasteiger partial charge is 0.0320 e. The van der Waals surface area contributed by atoms with Crippen LogP contribution in [0.4, 0.5) is 0 Å². The molecule has 0 fully saturated rings. The molecule has 3 rings (SSSR count). The van der Waals surface area contributed by atoms with Crippen LogP contribution in [-0.2, 0) is 6.42 Å². The van der Waals surface area contributed by atoms with Crippen LogP contribution in [0.15, 0.2) is 34.8 Å². The summed E-state index contributed by atoms with van der Waals surface area (Å²) in [4.78, 5) is 0. The van der Waals surface area contributed by atoms with Crippen LogP contribution >= 0.6 is 15.9 Å². The average molecular weight is 304 g/mol. The van der Waals surface area contributed by atoms with Gasteiger partial charge in [0.05, 0.1) is 0 Å². The van der Waals surface area contributed by atoms with E-state index >= 15 is 0 Å². The molecule has 1 aliphatic rings. The molecule has 0 saturated heterocycles. The molecule has 0 amide bonds. The first-order chi connectivity index (χ1) is 8.81. The molecule has 2 aromatic rings. The van der Waals surface area contributed by atoms with E-state index in [0.29, 0.717) is 6.04 Å². The topological polar surface area (TPSA) is 12.0 Å². The van der Waals surface area contributed by atoms with Gasteiger partial charge >= 0.3 is 0 Å². The number of benzene rings is 2. The Morgan fingerprint density at radius 2 is 1.94 bits per heavy atom. The van der Waals surface area contributed by atoms with Crippen molar-refractivity contribution in [1.29, 1.82) is 0 Å². The van der Waals surface area contributed by atoms with Crippen molar-refractivity contribution in [1.82, 2.24) is 5.32 Å². The molecule has 1 nitrogen and oxygen atoms in total. The van der Waals surface area contributed by atoms with Gasteiger partial charge in [0, 0.05) is 10.5 Å². The highest BCUT2D eigenvalue weighted by Crippen LogP contribution is 2.37. The fourth-order valence-corrected chi connectivity index (χ4v) is 3.70. The standard InChI is InChI=1S/C16H18BrN/c1-18-16-9-5-4-7-12-11-6-2-3-8-13(11)15(17)10-14(12)16/h2-3,6,8,10,16,18H,4-5,7,9H2,1H3. The summed E-state index contributed by atoms with van der Waals surface area (Å²) in [6, 6.07) is 11.6. The Morgan fingerprint density at radius 1 is 1.17 bits per heavy atom. The van der Waals surface area contributed by atoms with Gasteiger partial charge in [-0.15, -0.1) is 0 Å². The van der Waals surface area contributed by atoms with Gasteiger partial charge in [-0.3, -0.25) is 0 Å². The number of hydrogen-bond acceptors (Lipinski definition) is 1. The van der Waals surface area contributed by atoms with E-state index in [1.54, 1.807) is 5.56 Å². The van der Waals surface area contributed by atoms with Crippen LogP contribution in [0.25, 0.3) is 10.8 Å². The number of hydrogen-bond donors (Lipinski definition) is 1. The molecule has 0 heterocycles. The maximum Gasteiger partial charge on any atom is 0.0320 e. The maximum atomic E-state index is 3.73. The van der Waals surface area contributed by atoms with Crippen LogP contribution in [0.5, 0.6) is 0 Å². The Bertz CT molecular complexity index is 577. The second-order valence-corrected chi connectivity index (χ2v) is 5.91. The Kier molecular flexibility index (Phi) is 3.40. The van der Waals surface area contributed by atoms with Gasteiger partial charge in [0.25, 0.3) is 0 Å². The lowest BCUT2D eigenvalue weighted by molar-refractivity contribution is 0.533. The van der Waals surface area contributed by atoms with Crippen LogP contribution in [0.2, 0.25) is 0 Å². The molecule has 0 aliphatic heterocycles. The first-order valence-corrected chi connectivity index (χ1v) is 7.48. The van der Waals surface area contributed by atoms with Crippen LogP contribution in [0, 0.1) is 0 Å². The van der Waals surface area contributed by atoms with E-state index in [1.807, 2.05) is 0 Å². The minimum Gasteiger partial charge on any atom is -0.313 e. The van der Waals surface area contributed by atoms with Crippen molar-refractivity contribution in [2.75, 3.05) is 7.05 Å². The molecule has 0 aromatic heterocycles. The minimum atomic E-state index is 0.503. The molecule has 18 heavy (non-hydrogen) atoms. The van der Waals surface area contributed by atoms with Gasteiger partial charge in [-0.2, -0.15) is 0 Å². The van der Waals surface area contributed by atoms with Crippen LogP contribution in [-0.4, -0.2) is 7.05 Å². The molecule has 1 atom stereocenters. The molecule has 1 aliphatic carbocycles. The van der Waals surface area contributed by atoms with Crippen molar-refractivity contribution in [3.63, 3.8) is 0 Å². The lowest BCUT2D eigenvalue weighted by Crippen LogP contribution is -2.16. The zero-order valence-corrected chi connectivity index (χ0v) is 12.3. The van der Waals surface area contributed by atoms with E-state index in [4.69, 9.17) is 0 Å². The van der Waals surface area contributed by atoms with E-state index in [-0.39, 0.29) is 0 Å². The molecular formula is C16H18BrN. The normalized spacial score (nSPS) is 19.6. The average Bonchev–Trinajstić information content (AvgIpc) is 2.61. The second-order valence-electron chi connectivity index (χ2n) is 5.06. The summed E-state index contributed by atoms with van der Waals surface area (Å²) in [6.45, 7) is 0. The first-order valence-electron chi connectivity index (χ1n) is 6.68. The SMILES string of the molecule is CNC1CCCCc2c1cc(Br)c1ccccc21. The van der Waals surface area contributed by atoms with Gasteiger partial charge in [-0.25, -0.2) is 0 Å². The number of fused-ring (bicyclic) bond motifs is 3. The van der Waals surface area contributed by atoms with E-state index in [2.05, 4.69) is 58.6 Å². The minimum absolute atomic E-state index is 0.503. The summed E-state index contributed by atoms with van der Waals surface area (Å²) >= 11 is 3.73. The van der Waals surface area contributed by atoms with E-state index < -0.39 is 0 Å². The van der Waals surface area contributed by atoms with Crippen molar-refractivity contribution < 1.29 is 0 Å².